The van der Waals surface area contributed by atoms with E-state index in [-0.39, 0.29) is 23.5 Å². The average Bonchev–Trinajstić information content (AvgIpc) is 3.36. The van der Waals surface area contributed by atoms with Gasteiger partial charge in [0.2, 0.25) is 5.91 Å². The zero-order chi connectivity index (χ0) is 24.8. The van der Waals surface area contributed by atoms with Crippen LogP contribution in [0.2, 0.25) is 0 Å². The zero-order valence-corrected chi connectivity index (χ0v) is 20.3. The molecule has 1 saturated heterocycles. The first-order valence-electron chi connectivity index (χ1n) is 11.7. The number of carbonyl (C=O) groups is 2. The number of ether oxygens (including phenoxy) is 1. The number of aromatic nitrogens is 1. The van der Waals surface area contributed by atoms with Gasteiger partial charge in [0.15, 0.2) is 0 Å². The lowest BCUT2D eigenvalue weighted by atomic mass is 9.97. The summed E-state index contributed by atoms with van der Waals surface area (Å²) in [6.07, 6.45) is 2.01. The highest BCUT2D eigenvalue weighted by Crippen LogP contribution is 2.32. The van der Waals surface area contributed by atoms with Crippen molar-refractivity contribution in [3.05, 3.63) is 64.4 Å². The topological polar surface area (TPSA) is 91.8 Å². The summed E-state index contributed by atoms with van der Waals surface area (Å²) in [4.78, 5) is 31.7. The number of aromatic hydroxyl groups is 1. The number of thiazole rings is 1. The summed E-state index contributed by atoms with van der Waals surface area (Å²) in [6.45, 7) is 4.30. The van der Waals surface area contributed by atoms with Crippen molar-refractivity contribution < 1.29 is 23.8 Å². The summed E-state index contributed by atoms with van der Waals surface area (Å²) in [7, 11) is 0. The van der Waals surface area contributed by atoms with Gasteiger partial charge < -0.3 is 20.1 Å². The third kappa shape index (κ3) is 6.23. The van der Waals surface area contributed by atoms with Crippen LogP contribution in [0.15, 0.2) is 47.8 Å². The summed E-state index contributed by atoms with van der Waals surface area (Å²) in [5, 5.41) is 15.0. The third-order valence-corrected chi connectivity index (χ3v) is 7.03. The largest absolute Gasteiger partial charge is 0.508 e. The Balaban J connectivity index is 1.39. The summed E-state index contributed by atoms with van der Waals surface area (Å²) in [5.74, 6) is -0.380. The van der Waals surface area contributed by atoms with E-state index in [1.54, 1.807) is 17.5 Å². The molecule has 0 saturated carbocycles. The second-order valence-corrected chi connectivity index (χ2v) is 9.25. The molecule has 7 nitrogen and oxygen atoms in total. The maximum Gasteiger partial charge on any atom is 0.275 e. The highest BCUT2D eigenvalue weighted by molar-refractivity contribution is 7.10. The average molecular weight is 498 g/mol. The molecule has 1 fully saturated rings. The van der Waals surface area contributed by atoms with Crippen molar-refractivity contribution in [2.24, 2.45) is 0 Å². The van der Waals surface area contributed by atoms with Crippen LogP contribution in [0, 0.1) is 5.82 Å². The molecule has 4 rings (SSSR count). The van der Waals surface area contributed by atoms with Crippen LogP contribution in [-0.4, -0.2) is 53.1 Å². The smallest absolute Gasteiger partial charge is 0.275 e. The number of amides is 2. The quantitative estimate of drug-likeness (QED) is 0.426. The number of likely N-dealkylation sites (tertiary alicyclic amines) is 1. The van der Waals surface area contributed by atoms with E-state index in [1.807, 2.05) is 11.8 Å². The lowest BCUT2D eigenvalue weighted by Gasteiger charge is -2.31. The van der Waals surface area contributed by atoms with E-state index in [2.05, 4.69) is 10.3 Å². The lowest BCUT2D eigenvalue weighted by Crippen LogP contribution is -2.38. The second kappa shape index (κ2) is 11.4. The molecule has 1 aliphatic heterocycles. The number of carbonyl (C=O) groups excluding carboxylic acids is 2. The van der Waals surface area contributed by atoms with Gasteiger partial charge in [-0.15, -0.1) is 11.3 Å². The SMILES string of the molecule is CCOCCC(=O)N1CCC(c2nc(C(=O)Nc3ccc(F)cc3-c3ccc(O)cc3)cs2)CC1. The Labute approximate surface area is 207 Å². The molecule has 2 aromatic carbocycles. The zero-order valence-electron chi connectivity index (χ0n) is 19.5. The van der Waals surface area contributed by atoms with E-state index >= 15 is 0 Å². The number of benzene rings is 2. The van der Waals surface area contributed by atoms with Gasteiger partial charge in [0.05, 0.1) is 18.0 Å². The van der Waals surface area contributed by atoms with Crippen molar-refractivity contribution in [3.8, 4) is 16.9 Å². The summed E-state index contributed by atoms with van der Waals surface area (Å²) in [6, 6.07) is 10.5. The van der Waals surface area contributed by atoms with Crippen molar-refractivity contribution in [2.75, 3.05) is 31.6 Å². The van der Waals surface area contributed by atoms with Crippen molar-refractivity contribution in [1.29, 1.82) is 0 Å². The number of phenolic OH excluding ortho intramolecular Hbond substituents is 1. The van der Waals surface area contributed by atoms with Gasteiger partial charge in [-0.25, -0.2) is 9.37 Å². The molecule has 35 heavy (non-hydrogen) atoms. The van der Waals surface area contributed by atoms with E-state index < -0.39 is 5.82 Å². The number of piperidine rings is 1. The fraction of sp³-hybridized carbons (Fsp3) is 0.346. The maximum atomic E-state index is 13.9. The number of halogens is 1. The molecule has 0 unspecified atom stereocenters. The number of phenols is 1. The first kappa shape index (κ1) is 24.8. The fourth-order valence-electron chi connectivity index (χ4n) is 4.11. The van der Waals surface area contributed by atoms with E-state index in [9.17, 15) is 19.1 Å². The number of rotatable bonds is 8. The molecule has 0 radical (unpaired) electrons. The van der Waals surface area contributed by atoms with Gasteiger partial charge in [0.25, 0.3) is 5.91 Å². The standard InChI is InChI=1S/C26H28FN3O4S/c1-2-34-14-11-24(32)30-12-9-18(10-13-30)26-29-23(16-35-26)25(33)28-22-8-5-19(27)15-21(22)17-3-6-20(31)7-4-17/h3-8,15-16,18,31H,2,9-14H2,1H3,(H,28,33). The highest BCUT2D eigenvalue weighted by Gasteiger charge is 2.26. The first-order valence-corrected chi connectivity index (χ1v) is 12.5. The summed E-state index contributed by atoms with van der Waals surface area (Å²) < 4.78 is 19.2. The molecule has 9 heteroatoms. The van der Waals surface area contributed by atoms with Crippen LogP contribution in [-0.2, 0) is 9.53 Å². The van der Waals surface area contributed by atoms with Crippen LogP contribution >= 0.6 is 11.3 Å². The van der Waals surface area contributed by atoms with Gasteiger partial charge >= 0.3 is 0 Å². The number of nitrogens with zero attached hydrogens (tertiary/aromatic N) is 2. The molecule has 3 aromatic rings. The molecular weight excluding hydrogens is 469 g/mol. The number of nitrogens with one attached hydrogen (secondary N) is 1. The molecule has 184 valence electrons. The van der Waals surface area contributed by atoms with Crippen LogP contribution in [0.1, 0.15) is 47.6 Å². The van der Waals surface area contributed by atoms with E-state index in [0.29, 0.717) is 55.2 Å². The Bertz CT molecular complexity index is 1170. The van der Waals surface area contributed by atoms with Gasteiger partial charge in [-0.05, 0) is 55.7 Å². The van der Waals surface area contributed by atoms with Crippen LogP contribution in [0.3, 0.4) is 0 Å². The third-order valence-electron chi connectivity index (χ3n) is 6.02. The predicted molar refractivity (Wildman–Crippen MR) is 133 cm³/mol. The van der Waals surface area contributed by atoms with Crippen LogP contribution in [0.4, 0.5) is 10.1 Å². The van der Waals surface area contributed by atoms with Gasteiger partial charge in [-0.2, -0.15) is 0 Å². The minimum absolute atomic E-state index is 0.103. The molecule has 0 spiro atoms. The number of hydrogen-bond donors (Lipinski definition) is 2. The molecule has 1 aliphatic rings. The Morgan fingerprint density at radius 1 is 1.20 bits per heavy atom. The monoisotopic (exact) mass is 497 g/mol. The lowest BCUT2D eigenvalue weighted by molar-refractivity contribution is -0.133. The minimum atomic E-state index is -0.426. The summed E-state index contributed by atoms with van der Waals surface area (Å²) >= 11 is 1.44. The van der Waals surface area contributed by atoms with Crippen molar-refractivity contribution in [2.45, 2.75) is 32.1 Å². The molecule has 0 bridgehead atoms. The van der Waals surface area contributed by atoms with Gasteiger partial charge in [0, 0.05) is 42.2 Å². The first-order chi connectivity index (χ1) is 16.9. The van der Waals surface area contributed by atoms with Crippen molar-refractivity contribution >= 4 is 28.8 Å². The Morgan fingerprint density at radius 2 is 1.94 bits per heavy atom. The minimum Gasteiger partial charge on any atom is -0.508 e. The molecule has 2 heterocycles. The molecule has 2 N–H and O–H groups in total. The molecule has 0 aliphatic carbocycles. The predicted octanol–water partition coefficient (Wildman–Crippen LogP) is 5.04. The fourth-order valence-corrected chi connectivity index (χ4v) is 5.08. The summed E-state index contributed by atoms with van der Waals surface area (Å²) in [5.41, 5.74) is 1.94. The van der Waals surface area contributed by atoms with Crippen molar-refractivity contribution in [3.63, 3.8) is 0 Å². The normalized spacial score (nSPS) is 14.2. The van der Waals surface area contributed by atoms with E-state index in [1.165, 1.54) is 41.7 Å². The van der Waals surface area contributed by atoms with Crippen LogP contribution in [0.5, 0.6) is 5.75 Å². The number of hydrogen-bond acceptors (Lipinski definition) is 6. The van der Waals surface area contributed by atoms with Crippen LogP contribution < -0.4 is 5.32 Å². The Kier molecular flexibility index (Phi) is 8.09. The van der Waals surface area contributed by atoms with Gasteiger partial charge in [0.1, 0.15) is 17.3 Å². The number of anilines is 1. The van der Waals surface area contributed by atoms with Crippen LogP contribution in [0.25, 0.3) is 11.1 Å². The van der Waals surface area contributed by atoms with E-state index in [0.717, 1.165) is 17.8 Å². The maximum absolute atomic E-state index is 13.9. The molecule has 0 atom stereocenters. The van der Waals surface area contributed by atoms with Crippen molar-refractivity contribution in [1.82, 2.24) is 9.88 Å². The van der Waals surface area contributed by atoms with Gasteiger partial charge in [-0.1, -0.05) is 12.1 Å². The van der Waals surface area contributed by atoms with E-state index in [4.69, 9.17) is 4.74 Å². The molecule has 1 aromatic heterocycles. The van der Waals surface area contributed by atoms with Gasteiger partial charge in [-0.3, -0.25) is 9.59 Å². The Morgan fingerprint density at radius 3 is 2.66 bits per heavy atom. The second-order valence-electron chi connectivity index (χ2n) is 8.36. The molecule has 2 amide bonds. The Hall–Kier alpha value is -3.30. The molecular formula is C26H28FN3O4S. The highest BCUT2D eigenvalue weighted by atomic mass is 32.1.